The van der Waals surface area contributed by atoms with E-state index < -0.39 is 0 Å². The molecule has 0 saturated heterocycles. The molecule has 11 aromatic rings. The predicted octanol–water partition coefficient (Wildman–Crippen LogP) is 13.0. The molecule has 4 aromatic heterocycles. The van der Waals surface area contributed by atoms with Crippen molar-refractivity contribution in [2.45, 2.75) is 0 Å². The van der Waals surface area contributed by atoms with Crippen molar-refractivity contribution in [3.05, 3.63) is 176 Å². The van der Waals surface area contributed by atoms with E-state index in [-0.39, 0.29) is 0 Å². The summed E-state index contributed by atoms with van der Waals surface area (Å²) in [7, 11) is 0. The first-order valence-corrected chi connectivity index (χ1v) is 18.1. The van der Waals surface area contributed by atoms with Crippen LogP contribution in [-0.4, -0.2) is 14.1 Å². The van der Waals surface area contributed by atoms with Gasteiger partial charge in [-0.3, -0.25) is 4.98 Å². The minimum absolute atomic E-state index is 1.10. The van der Waals surface area contributed by atoms with Crippen molar-refractivity contribution in [1.29, 1.82) is 0 Å². The lowest BCUT2D eigenvalue weighted by Gasteiger charge is -2.12. The summed E-state index contributed by atoms with van der Waals surface area (Å²) in [4.78, 5) is 4.76. The Bertz CT molecular complexity index is 3100. The van der Waals surface area contributed by atoms with Gasteiger partial charge in [0, 0.05) is 82.2 Å². The zero-order chi connectivity index (χ0) is 33.5. The number of fused-ring (bicyclic) bond motifs is 9. The summed E-state index contributed by atoms with van der Waals surface area (Å²) in [6, 6.07) is 59.5. The van der Waals surface area contributed by atoms with Gasteiger partial charge in [0.2, 0.25) is 0 Å². The Morgan fingerprint density at radius 3 is 1.69 bits per heavy atom. The van der Waals surface area contributed by atoms with Gasteiger partial charge in [0.1, 0.15) is 0 Å². The molecular weight excluding hydrogens is 639 g/mol. The Balaban J connectivity index is 1.06. The molecule has 238 valence electrons. The van der Waals surface area contributed by atoms with Crippen LogP contribution in [0.1, 0.15) is 0 Å². The molecule has 0 unspecified atom stereocenters. The van der Waals surface area contributed by atoms with Crippen LogP contribution in [0, 0.1) is 0 Å². The number of rotatable bonds is 4. The SMILES string of the molecule is c1cc(-c2cncc(-c3cccc4c3sc3ccccc34)c2)cc(-n2c3ccccc3c3cc(-n4c5ccccc5c5ccccc54)ccc32)c1. The molecule has 3 nitrogen and oxygen atoms in total. The minimum atomic E-state index is 1.10. The van der Waals surface area contributed by atoms with E-state index in [1.807, 2.05) is 23.7 Å². The molecule has 0 fully saturated rings. The summed E-state index contributed by atoms with van der Waals surface area (Å²) < 4.78 is 7.41. The van der Waals surface area contributed by atoms with Crippen molar-refractivity contribution < 1.29 is 0 Å². The fourth-order valence-electron chi connectivity index (χ4n) is 8.12. The number of pyridine rings is 1. The van der Waals surface area contributed by atoms with Crippen molar-refractivity contribution in [2.75, 3.05) is 0 Å². The average Bonchev–Trinajstić information content (AvgIpc) is 3.86. The summed E-state index contributed by atoms with van der Waals surface area (Å²) in [5.74, 6) is 0. The minimum Gasteiger partial charge on any atom is -0.309 e. The summed E-state index contributed by atoms with van der Waals surface area (Å²) in [5, 5.41) is 7.62. The van der Waals surface area contributed by atoms with Crippen LogP contribution in [0.3, 0.4) is 0 Å². The van der Waals surface area contributed by atoms with Gasteiger partial charge in [-0.05, 0) is 66.2 Å². The Labute approximate surface area is 297 Å². The third kappa shape index (κ3) is 4.27. The van der Waals surface area contributed by atoms with Crippen LogP contribution >= 0.6 is 11.3 Å². The summed E-state index contributed by atoms with van der Waals surface area (Å²) in [6.45, 7) is 0. The van der Waals surface area contributed by atoms with Gasteiger partial charge in [-0.2, -0.15) is 0 Å². The van der Waals surface area contributed by atoms with E-state index in [0.717, 1.165) is 28.1 Å². The van der Waals surface area contributed by atoms with Gasteiger partial charge in [-0.15, -0.1) is 11.3 Å². The highest BCUT2D eigenvalue weighted by molar-refractivity contribution is 7.26. The van der Waals surface area contributed by atoms with Crippen LogP contribution < -0.4 is 0 Å². The Morgan fingerprint density at radius 1 is 0.373 bits per heavy atom. The Morgan fingerprint density at radius 2 is 0.941 bits per heavy atom. The molecule has 4 heteroatoms. The van der Waals surface area contributed by atoms with Gasteiger partial charge in [-0.1, -0.05) is 103 Å². The molecule has 0 aliphatic rings. The van der Waals surface area contributed by atoms with Gasteiger partial charge in [0.15, 0.2) is 0 Å². The van der Waals surface area contributed by atoms with Gasteiger partial charge < -0.3 is 9.13 Å². The molecule has 11 rings (SSSR count). The van der Waals surface area contributed by atoms with Gasteiger partial charge >= 0.3 is 0 Å². The number of hydrogen-bond donors (Lipinski definition) is 0. The van der Waals surface area contributed by atoms with E-state index in [0.29, 0.717) is 0 Å². The van der Waals surface area contributed by atoms with Crippen molar-refractivity contribution in [2.24, 2.45) is 0 Å². The maximum absolute atomic E-state index is 4.76. The van der Waals surface area contributed by atoms with E-state index in [1.54, 1.807) is 0 Å². The summed E-state index contributed by atoms with van der Waals surface area (Å²) in [6.07, 6.45) is 3.98. The second kappa shape index (κ2) is 11.0. The zero-order valence-corrected chi connectivity index (χ0v) is 28.3. The second-order valence-corrected chi connectivity index (χ2v) is 14.3. The molecule has 7 aromatic carbocycles. The zero-order valence-electron chi connectivity index (χ0n) is 27.5. The predicted molar refractivity (Wildman–Crippen MR) is 217 cm³/mol. The normalized spacial score (nSPS) is 11.9. The third-order valence-corrected chi connectivity index (χ3v) is 11.6. The lowest BCUT2D eigenvalue weighted by atomic mass is 10.00. The molecule has 0 aliphatic heterocycles. The van der Waals surface area contributed by atoms with Gasteiger partial charge in [-0.25, -0.2) is 0 Å². The molecule has 0 atom stereocenters. The average molecular weight is 668 g/mol. The van der Waals surface area contributed by atoms with Crippen LogP contribution in [0.5, 0.6) is 0 Å². The highest BCUT2D eigenvalue weighted by Crippen LogP contribution is 2.41. The molecule has 0 N–H and O–H groups in total. The fourth-order valence-corrected chi connectivity index (χ4v) is 9.36. The quantitative estimate of drug-likeness (QED) is 0.183. The third-order valence-electron chi connectivity index (χ3n) is 10.4. The molecular formula is C47H29N3S. The summed E-state index contributed by atoms with van der Waals surface area (Å²) in [5.41, 5.74) is 11.7. The van der Waals surface area contributed by atoms with E-state index in [4.69, 9.17) is 4.98 Å². The number of nitrogens with zero attached hydrogens (tertiary/aromatic N) is 3. The van der Waals surface area contributed by atoms with E-state index in [9.17, 15) is 0 Å². The standard InChI is InChI=1S/C47H29N3S/c1-5-19-42-36(13-1)37-14-2-6-20-43(37)50(42)34-23-24-45-41(27-34)38-15-3-7-21-44(38)49(45)33-12-9-11-30(26-33)31-25-32(29-48-28-31)35-17-10-18-40-39-16-4-8-22-46(39)51-47(35)40/h1-29H. The van der Waals surface area contributed by atoms with Crippen LogP contribution in [-0.2, 0) is 0 Å². The first-order valence-electron chi connectivity index (χ1n) is 17.3. The van der Waals surface area contributed by atoms with Crippen molar-refractivity contribution in [3.63, 3.8) is 0 Å². The van der Waals surface area contributed by atoms with Crippen molar-refractivity contribution in [1.82, 2.24) is 14.1 Å². The van der Waals surface area contributed by atoms with E-state index in [2.05, 4.69) is 173 Å². The second-order valence-electron chi connectivity index (χ2n) is 13.2. The number of benzene rings is 7. The summed E-state index contributed by atoms with van der Waals surface area (Å²) >= 11 is 1.86. The maximum atomic E-state index is 4.76. The molecule has 51 heavy (non-hydrogen) atoms. The molecule has 0 amide bonds. The van der Waals surface area contributed by atoms with E-state index in [1.165, 1.54) is 69.3 Å². The maximum Gasteiger partial charge on any atom is 0.0542 e. The van der Waals surface area contributed by atoms with E-state index >= 15 is 0 Å². The lowest BCUT2D eigenvalue weighted by molar-refractivity contribution is 1.16. The van der Waals surface area contributed by atoms with Crippen molar-refractivity contribution in [3.8, 4) is 33.6 Å². The molecule has 0 aliphatic carbocycles. The first-order chi connectivity index (χ1) is 25.3. The van der Waals surface area contributed by atoms with Gasteiger partial charge in [0.05, 0.1) is 22.1 Å². The molecule has 4 heterocycles. The Hall–Kier alpha value is -6.49. The molecule has 0 bridgehead atoms. The van der Waals surface area contributed by atoms with Crippen LogP contribution in [0.15, 0.2) is 176 Å². The highest BCUT2D eigenvalue weighted by atomic mass is 32.1. The first kappa shape index (κ1) is 28.4. The number of para-hydroxylation sites is 3. The number of thiophene rings is 1. The van der Waals surface area contributed by atoms with Crippen LogP contribution in [0.25, 0.3) is 97.4 Å². The molecule has 0 saturated carbocycles. The monoisotopic (exact) mass is 667 g/mol. The molecule has 0 spiro atoms. The number of aromatic nitrogens is 3. The highest BCUT2D eigenvalue weighted by Gasteiger charge is 2.17. The van der Waals surface area contributed by atoms with Crippen LogP contribution in [0.2, 0.25) is 0 Å². The van der Waals surface area contributed by atoms with Crippen LogP contribution in [0.4, 0.5) is 0 Å². The topological polar surface area (TPSA) is 22.8 Å². The molecule has 0 radical (unpaired) electrons. The van der Waals surface area contributed by atoms with Crippen molar-refractivity contribution >= 4 is 75.1 Å². The smallest absolute Gasteiger partial charge is 0.0542 e. The van der Waals surface area contributed by atoms with Gasteiger partial charge in [0.25, 0.3) is 0 Å². The fraction of sp³-hybridized carbons (Fsp3) is 0. The number of hydrogen-bond acceptors (Lipinski definition) is 2. The lowest BCUT2D eigenvalue weighted by Crippen LogP contribution is -1.96. The Kier molecular flexibility index (Phi) is 6.12. The largest absolute Gasteiger partial charge is 0.309 e.